The lowest BCUT2D eigenvalue weighted by molar-refractivity contribution is -0.125. The van der Waals surface area contributed by atoms with Gasteiger partial charge < -0.3 is 14.6 Å². The third kappa shape index (κ3) is 5.29. The van der Waals surface area contributed by atoms with E-state index in [1.165, 1.54) is 10.7 Å². The number of rotatable bonds is 7. The highest BCUT2D eigenvalue weighted by Gasteiger charge is 2.26. The first-order valence-corrected chi connectivity index (χ1v) is 11.7. The summed E-state index contributed by atoms with van der Waals surface area (Å²) in [6.07, 6.45) is 3.30. The second-order valence-corrected chi connectivity index (χ2v) is 8.48. The lowest BCUT2D eigenvalue weighted by Gasteiger charge is -2.32. The number of nitrogens with zero attached hydrogens (tertiary/aromatic N) is 5. The summed E-state index contributed by atoms with van der Waals surface area (Å²) in [5.74, 6) is 1.23. The van der Waals surface area contributed by atoms with Gasteiger partial charge in [-0.3, -0.25) is 9.59 Å². The number of furan rings is 1. The Bertz CT molecular complexity index is 1320. The number of carbonyl (C=O) groups excluding carboxylic acids is 1. The van der Waals surface area contributed by atoms with Crippen LogP contribution >= 0.6 is 0 Å². The fourth-order valence-electron chi connectivity index (χ4n) is 4.25. The summed E-state index contributed by atoms with van der Waals surface area (Å²) in [5.41, 5.74) is 2.14. The quantitative estimate of drug-likeness (QED) is 0.443. The molecule has 1 atom stereocenters. The van der Waals surface area contributed by atoms with Crippen LogP contribution in [-0.4, -0.2) is 45.5 Å². The number of piperidine rings is 1. The van der Waals surface area contributed by atoms with E-state index < -0.39 is 0 Å². The fourth-order valence-corrected chi connectivity index (χ4v) is 4.25. The van der Waals surface area contributed by atoms with E-state index in [1.807, 2.05) is 54.6 Å². The van der Waals surface area contributed by atoms with Crippen molar-refractivity contribution >= 4 is 11.7 Å². The standard InChI is InChI=1S/C26H26N6O3/c33-25-13-11-21(19-6-2-1-3-7-19)30-32(25)16-14-27-26(34)20-8-4-15-31(18-20)24-12-10-22(28-29-24)23-9-5-17-35-23/h1-3,5-7,9-13,17,20H,4,8,14-16,18H2,(H,27,34). The molecule has 1 aliphatic rings. The number of aromatic nitrogens is 4. The molecule has 0 aliphatic carbocycles. The van der Waals surface area contributed by atoms with Crippen molar-refractivity contribution < 1.29 is 9.21 Å². The van der Waals surface area contributed by atoms with Gasteiger partial charge in [0.05, 0.1) is 24.4 Å². The van der Waals surface area contributed by atoms with E-state index in [0.29, 0.717) is 31.1 Å². The topological polar surface area (TPSA) is 106 Å². The second kappa shape index (κ2) is 10.3. The molecule has 4 aromatic rings. The maximum atomic E-state index is 12.9. The van der Waals surface area contributed by atoms with Crippen molar-refractivity contribution in [2.45, 2.75) is 19.4 Å². The molecule has 9 nitrogen and oxygen atoms in total. The Kier molecular flexibility index (Phi) is 6.65. The Hall–Kier alpha value is -4.27. The van der Waals surface area contributed by atoms with Gasteiger partial charge in [-0.05, 0) is 43.2 Å². The van der Waals surface area contributed by atoms with Gasteiger partial charge in [0.25, 0.3) is 5.56 Å². The van der Waals surface area contributed by atoms with Crippen molar-refractivity contribution in [3.05, 3.63) is 83.3 Å². The molecule has 0 bridgehead atoms. The number of carbonyl (C=O) groups is 1. The largest absolute Gasteiger partial charge is 0.463 e. The summed E-state index contributed by atoms with van der Waals surface area (Å²) in [4.78, 5) is 27.2. The van der Waals surface area contributed by atoms with Gasteiger partial charge in [0.1, 0.15) is 5.69 Å². The van der Waals surface area contributed by atoms with E-state index in [4.69, 9.17) is 4.42 Å². The van der Waals surface area contributed by atoms with Crippen LogP contribution in [0.3, 0.4) is 0 Å². The molecule has 178 valence electrons. The zero-order chi connectivity index (χ0) is 24.0. The molecule has 4 heterocycles. The summed E-state index contributed by atoms with van der Waals surface area (Å²) < 4.78 is 6.76. The van der Waals surface area contributed by atoms with Crippen LogP contribution in [0.4, 0.5) is 5.82 Å². The molecule has 0 spiro atoms. The molecule has 35 heavy (non-hydrogen) atoms. The lowest BCUT2D eigenvalue weighted by Crippen LogP contribution is -2.44. The van der Waals surface area contributed by atoms with Crippen LogP contribution < -0.4 is 15.8 Å². The molecule has 9 heteroatoms. The number of anilines is 1. The van der Waals surface area contributed by atoms with Gasteiger partial charge in [0.2, 0.25) is 5.91 Å². The van der Waals surface area contributed by atoms with E-state index in [1.54, 1.807) is 12.3 Å². The number of hydrogen-bond acceptors (Lipinski definition) is 7. The average molecular weight is 471 g/mol. The third-order valence-corrected chi connectivity index (χ3v) is 6.10. The molecule has 5 rings (SSSR count). The third-order valence-electron chi connectivity index (χ3n) is 6.10. The van der Waals surface area contributed by atoms with Crippen molar-refractivity contribution in [3.8, 4) is 22.7 Å². The summed E-state index contributed by atoms with van der Waals surface area (Å²) >= 11 is 0. The van der Waals surface area contributed by atoms with E-state index in [9.17, 15) is 9.59 Å². The molecule has 1 saturated heterocycles. The minimum atomic E-state index is -0.195. The van der Waals surface area contributed by atoms with Crippen LogP contribution in [0.15, 0.2) is 82.2 Å². The first-order chi connectivity index (χ1) is 17.2. The molecule has 3 aromatic heterocycles. The summed E-state index contributed by atoms with van der Waals surface area (Å²) in [6, 6.07) is 20.3. The number of nitrogens with one attached hydrogen (secondary N) is 1. The van der Waals surface area contributed by atoms with Gasteiger partial charge in [-0.25, -0.2) is 4.68 Å². The minimum Gasteiger partial charge on any atom is -0.463 e. The van der Waals surface area contributed by atoms with Crippen LogP contribution in [0.25, 0.3) is 22.7 Å². The van der Waals surface area contributed by atoms with Gasteiger partial charge in [-0.15, -0.1) is 10.2 Å². The highest BCUT2D eigenvalue weighted by molar-refractivity contribution is 5.79. The first-order valence-electron chi connectivity index (χ1n) is 11.7. The first kappa shape index (κ1) is 22.5. The van der Waals surface area contributed by atoms with Gasteiger partial charge in [-0.2, -0.15) is 5.10 Å². The van der Waals surface area contributed by atoms with Gasteiger partial charge in [0, 0.05) is 31.3 Å². The van der Waals surface area contributed by atoms with Crippen LogP contribution in [0.5, 0.6) is 0 Å². The monoisotopic (exact) mass is 470 g/mol. The van der Waals surface area contributed by atoms with E-state index in [0.717, 1.165) is 36.5 Å². The summed E-state index contributed by atoms with van der Waals surface area (Å²) in [7, 11) is 0. The predicted octanol–water partition coefficient (Wildman–Crippen LogP) is 2.99. The average Bonchev–Trinajstić information content (AvgIpc) is 3.46. The van der Waals surface area contributed by atoms with Crippen LogP contribution in [-0.2, 0) is 11.3 Å². The van der Waals surface area contributed by atoms with Gasteiger partial charge in [0.15, 0.2) is 11.6 Å². The fraction of sp³-hybridized carbons (Fsp3) is 0.269. The smallest absolute Gasteiger partial charge is 0.266 e. The van der Waals surface area contributed by atoms with Crippen LogP contribution in [0.2, 0.25) is 0 Å². The molecular formula is C26H26N6O3. The van der Waals surface area contributed by atoms with Gasteiger partial charge in [-0.1, -0.05) is 30.3 Å². The molecule has 1 unspecified atom stereocenters. The van der Waals surface area contributed by atoms with E-state index >= 15 is 0 Å². The Morgan fingerprint density at radius 2 is 1.86 bits per heavy atom. The number of hydrogen-bond donors (Lipinski definition) is 1. The summed E-state index contributed by atoms with van der Waals surface area (Å²) in [6.45, 7) is 2.03. The number of amides is 1. The van der Waals surface area contributed by atoms with Crippen molar-refractivity contribution in [1.29, 1.82) is 0 Å². The Balaban J connectivity index is 1.17. The number of benzene rings is 1. The predicted molar refractivity (Wildman–Crippen MR) is 132 cm³/mol. The SMILES string of the molecule is O=C(NCCn1nc(-c2ccccc2)ccc1=O)C1CCCN(c2ccc(-c3ccco3)nn2)C1. The minimum absolute atomic E-state index is 0.0258. The molecule has 0 radical (unpaired) electrons. The van der Waals surface area contributed by atoms with Crippen LogP contribution in [0, 0.1) is 5.92 Å². The molecule has 1 fully saturated rings. The second-order valence-electron chi connectivity index (χ2n) is 8.48. The van der Waals surface area contributed by atoms with Crippen molar-refractivity contribution in [1.82, 2.24) is 25.3 Å². The normalized spacial score (nSPS) is 15.7. The van der Waals surface area contributed by atoms with Gasteiger partial charge >= 0.3 is 0 Å². The highest BCUT2D eigenvalue weighted by Crippen LogP contribution is 2.23. The van der Waals surface area contributed by atoms with E-state index in [2.05, 4.69) is 25.5 Å². The van der Waals surface area contributed by atoms with Crippen molar-refractivity contribution in [2.24, 2.45) is 5.92 Å². The summed E-state index contributed by atoms with van der Waals surface area (Å²) in [5, 5.41) is 16.0. The molecule has 1 aromatic carbocycles. The van der Waals surface area contributed by atoms with E-state index in [-0.39, 0.29) is 17.4 Å². The van der Waals surface area contributed by atoms with Crippen molar-refractivity contribution in [2.75, 3.05) is 24.5 Å². The zero-order valence-electron chi connectivity index (χ0n) is 19.2. The highest BCUT2D eigenvalue weighted by atomic mass is 16.3. The lowest BCUT2D eigenvalue weighted by atomic mass is 9.97. The molecular weight excluding hydrogens is 444 g/mol. The Morgan fingerprint density at radius 3 is 2.63 bits per heavy atom. The Labute approximate surface area is 202 Å². The zero-order valence-corrected chi connectivity index (χ0v) is 19.2. The maximum Gasteiger partial charge on any atom is 0.266 e. The van der Waals surface area contributed by atoms with Crippen LogP contribution in [0.1, 0.15) is 12.8 Å². The molecule has 0 saturated carbocycles. The Morgan fingerprint density at radius 1 is 1.00 bits per heavy atom. The van der Waals surface area contributed by atoms with Crippen molar-refractivity contribution in [3.63, 3.8) is 0 Å². The molecule has 1 N–H and O–H groups in total. The molecule has 1 amide bonds. The molecule has 1 aliphatic heterocycles. The maximum absolute atomic E-state index is 12.9.